The molecule has 0 aliphatic heterocycles. The zero-order chi connectivity index (χ0) is 14.7. The van der Waals surface area contributed by atoms with Crippen LogP contribution in [0.3, 0.4) is 0 Å². The van der Waals surface area contributed by atoms with Gasteiger partial charge in [-0.1, -0.05) is 17.7 Å². The molecule has 20 heavy (non-hydrogen) atoms. The van der Waals surface area contributed by atoms with Gasteiger partial charge in [0, 0.05) is 10.7 Å². The van der Waals surface area contributed by atoms with E-state index in [9.17, 15) is 9.18 Å². The van der Waals surface area contributed by atoms with E-state index in [2.05, 4.69) is 0 Å². The minimum atomic E-state index is -0.561. The summed E-state index contributed by atoms with van der Waals surface area (Å²) in [7, 11) is 0. The van der Waals surface area contributed by atoms with E-state index in [1.807, 2.05) is 0 Å². The lowest BCUT2D eigenvalue weighted by atomic mass is 10.1. The second-order valence-corrected chi connectivity index (χ2v) is 4.81. The molecule has 0 fully saturated rings. The average molecular weight is 294 g/mol. The van der Waals surface area contributed by atoms with Crippen LogP contribution >= 0.6 is 11.6 Å². The average Bonchev–Trinajstić information content (AvgIpc) is 2.40. The standard InChI is InChI=1S/C15H13ClFNO2/c1-9-6-12(17)4-2-10(9)8-20-15(19)13-7-11(16)3-5-14(13)18/h2-7H,8,18H2,1H3. The molecule has 3 nitrogen and oxygen atoms in total. The number of nitrogens with two attached hydrogens (primary N) is 1. The van der Waals surface area contributed by atoms with Gasteiger partial charge in [-0.2, -0.15) is 0 Å². The summed E-state index contributed by atoms with van der Waals surface area (Å²) in [6.45, 7) is 1.80. The summed E-state index contributed by atoms with van der Waals surface area (Å²) in [5.41, 5.74) is 7.68. The molecule has 2 N–H and O–H groups in total. The summed E-state index contributed by atoms with van der Waals surface area (Å²) in [5.74, 6) is -0.884. The van der Waals surface area contributed by atoms with Crippen molar-refractivity contribution in [3.63, 3.8) is 0 Å². The second-order valence-electron chi connectivity index (χ2n) is 4.38. The molecule has 104 valence electrons. The quantitative estimate of drug-likeness (QED) is 0.693. The molecule has 0 amide bonds. The Morgan fingerprint density at radius 1 is 1.30 bits per heavy atom. The summed E-state index contributed by atoms with van der Waals surface area (Å²) in [4.78, 5) is 11.9. The van der Waals surface area contributed by atoms with Crippen LogP contribution in [0.4, 0.5) is 10.1 Å². The van der Waals surface area contributed by atoms with Crippen LogP contribution in [0.5, 0.6) is 0 Å². The van der Waals surface area contributed by atoms with E-state index < -0.39 is 5.97 Å². The molecule has 0 aliphatic rings. The van der Waals surface area contributed by atoms with E-state index >= 15 is 0 Å². The number of aryl methyl sites for hydroxylation is 1. The first-order valence-corrected chi connectivity index (χ1v) is 6.32. The number of rotatable bonds is 3. The molecule has 0 unspecified atom stereocenters. The summed E-state index contributed by atoms with van der Waals surface area (Å²) in [6, 6.07) is 8.89. The Labute approximate surface area is 121 Å². The topological polar surface area (TPSA) is 52.3 Å². The Bertz CT molecular complexity index is 658. The van der Waals surface area contributed by atoms with Gasteiger partial charge in [-0.05, 0) is 48.4 Å². The Balaban J connectivity index is 2.10. The van der Waals surface area contributed by atoms with Crippen LogP contribution in [0, 0.1) is 12.7 Å². The number of carbonyl (C=O) groups is 1. The van der Waals surface area contributed by atoms with Gasteiger partial charge in [-0.3, -0.25) is 0 Å². The van der Waals surface area contributed by atoms with E-state index in [1.165, 1.54) is 18.2 Å². The van der Waals surface area contributed by atoms with Crippen molar-refractivity contribution in [2.75, 3.05) is 5.73 Å². The highest BCUT2D eigenvalue weighted by Gasteiger charge is 2.12. The maximum atomic E-state index is 13.0. The van der Waals surface area contributed by atoms with Gasteiger partial charge in [0.2, 0.25) is 0 Å². The number of nitrogen functional groups attached to an aromatic ring is 1. The van der Waals surface area contributed by atoms with Crippen LogP contribution in [-0.2, 0) is 11.3 Å². The first-order valence-electron chi connectivity index (χ1n) is 5.94. The molecule has 5 heteroatoms. The van der Waals surface area contributed by atoms with Crippen molar-refractivity contribution in [1.29, 1.82) is 0 Å². The fourth-order valence-corrected chi connectivity index (χ4v) is 1.92. The monoisotopic (exact) mass is 293 g/mol. The number of carbonyl (C=O) groups excluding carboxylic acids is 1. The number of halogens is 2. The van der Waals surface area contributed by atoms with E-state index in [4.69, 9.17) is 22.1 Å². The Morgan fingerprint density at radius 3 is 2.75 bits per heavy atom. The SMILES string of the molecule is Cc1cc(F)ccc1COC(=O)c1cc(Cl)ccc1N. The highest BCUT2D eigenvalue weighted by atomic mass is 35.5. The van der Waals surface area contributed by atoms with E-state index in [-0.39, 0.29) is 18.0 Å². The van der Waals surface area contributed by atoms with E-state index in [0.29, 0.717) is 10.7 Å². The number of ether oxygens (including phenoxy) is 1. The molecule has 2 rings (SSSR count). The first kappa shape index (κ1) is 14.3. The number of esters is 1. The molecule has 0 radical (unpaired) electrons. The van der Waals surface area contributed by atoms with Gasteiger partial charge in [-0.25, -0.2) is 9.18 Å². The second kappa shape index (κ2) is 5.92. The minimum absolute atomic E-state index is 0.0525. The number of hydrogen-bond donors (Lipinski definition) is 1. The fourth-order valence-electron chi connectivity index (χ4n) is 1.75. The van der Waals surface area contributed by atoms with Crippen molar-refractivity contribution >= 4 is 23.3 Å². The Morgan fingerprint density at radius 2 is 2.05 bits per heavy atom. The maximum Gasteiger partial charge on any atom is 0.340 e. The van der Waals surface area contributed by atoms with Gasteiger partial charge in [0.05, 0.1) is 5.56 Å². The highest BCUT2D eigenvalue weighted by molar-refractivity contribution is 6.31. The molecule has 0 saturated heterocycles. The van der Waals surface area contributed by atoms with Gasteiger partial charge < -0.3 is 10.5 Å². The van der Waals surface area contributed by atoms with Crippen molar-refractivity contribution in [2.45, 2.75) is 13.5 Å². The van der Waals surface area contributed by atoms with Crippen LogP contribution in [0.2, 0.25) is 5.02 Å². The summed E-state index contributed by atoms with van der Waals surface area (Å²) in [6.07, 6.45) is 0. The summed E-state index contributed by atoms with van der Waals surface area (Å²) < 4.78 is 18.1. The van der Waals surface area contributed by atoms with Crippen LogP contribution < -0.4 is 5.73 Å². The van der Waals surface area contributed by atoms with E-state index in [1.54, 1.807) is 25.1 Å². The number of benzene rings is 2. The smallest absolute Gasteiger partial charge is 0.340 e. The van der Waals surface area contributed by atoms with Crippen molar-refractivity contribution in [2.24, 2.45) is 0 Å². The lowest BCUT2D eigenvalue weighted by Crippen LogP contribution is -2.09. The van der Waals surface area contributed by atoms with Gasteiger partial charge in [0.25, 0.3) is 0 Å². The predicted molar refractivity (Wildman–Crippen MR) is 76.1 cm³/mol. The van der Waals surface area contributed by atoms with Crippen molar-refractivity contribution < 1.29 is 13.9 Å². The molecular formula is C15H13ClFNO2. The summed E-state index contributed by atoms with van der Waals surface area (Å²) >= 11 is 5.82. The van der Waals surface area contributed by atoms with Crippen LogP contribution in [0.1, 0.15) is 21.5 Å². The summed E-state index contributed by atoms with van der Waals surface area (Å²) in [5, 5.41) is 0.407. The van der Waals surface area contributed by atoms with Crippen molar-refractivity contribution in [3.8, 4) is 0 Å². The van der Waals surface area contributed by atoms with Crippen LogP contribution in [-0.4, -0.2) is 5.97 Å². The minimum Gasteiger partial charge on any atom is -0.457 e. The normalized spacial score (nSPS) is 10.3. The molecule has 0 atom stereocenters. The van der Waals surface area contributed by atoms with Crippen LogP contribution in [0.25, 0.3) is 0 Å². The zero-order valence-corrected chi connectivity index (χ0v) is 11.6. The third kappa shape index (κ3) is 3.27. The molecule has 2 aromatic carbocycles. The molecule has 0 heterocycles. The molecule has 0 aromatic heterocycles. The third-order valence-electron chi connectivity index (χ3n) is 2.90. The highest BCUT2D eigenvalue weighted by Crippen LogP contribution is 2.20. The molecule has 0 bridgehead atoms. The van der Waals surface area contributed by atoms with Gasteiger partial charge in [0.1, 0.15) is 12.4 Å². The van der Waals surface area contributed by atoms with Gasteiger partial charge >= 0.3 is 5.97 Å². The number of anilines is 1. The zero-order valence-electron chi connectivity index (χ0n) is 10.8. The molecule has 0 spiro atoms. The first-order chi connectivity index (χ1) is 9.47. The Hall–Kier alpha value is -2.07. The fraction of sp³-hybridized carbons (Fsp3) is 0.133. The molecule has 0 saturated carbocycles. The molecule has 0 aliphatic carbocycles. The van der Waals surface area contributed by atoms with E-state index in [0.717, 1.165) is 11.1 Å². The lowest BCUT2D eigenvalue weighted by Gasteiger charge is -2.09. The Kier molecular flexibility index (Phi) is 4.25. The predicted octanol–water partition coefficient (Wildman–Crippen LogP) is 3.73. The number of hydrogen-bond acceptors (Lipinski definition) is 3. The maximum absolute atomic E-state index is 13.0. The van der Waals surface area contributed by atoms with Gasteiger partial charge in [-0.15, -0.1) is 0 Å². The van der Waals surface area contributed by atoms with Gasteiger partial charge in [0.15, 0.2) is 0 Å². The lowest BCUT2D eigenvalue weighted by molar-refractivity contribution is 0.0473. The van der Waals surface area contributed by atoms with Crippen molar-refractivity contribution in [1.82, 2.24) is 0 Å². The third-order valence-corrected chi connectivity index (χ3v) is 3.13. The molecule has 2 aromatic rings. The largest absolute Gasteiger partial charge is 0.457 e. The van der Waals surface area contributed by atoms with Crippen LogP contribution in [0.15, 0.2) is 36.4 Å². The van der Waals surface area contributed by atoms with Crippen molar-refractivity contribution in [3.05, 3.63) is 63.9 Å². The molecular weight excluding hydrogens is 281 g/mol.